The first-order chi connectivity index (χ1) is 10.6. The van der Waals surface area contributed by atoms with Gasteiger partial charge in [0.05, 0.1) is 10.2 Å². The first kappa shape index (κ1) is 14.0. The smallest absolute Gasteiger partial charge is 0.166 e. The molecule has 1 N–H and O–H groups in total. The second kappa shape index (κ2) is 5.21. The van der Waals surface area contributed by atoms with Crippen molar-refractivity contribution in [2.45, 2.75) is 32.7 Å². The molecule has 0 radical (unpaired) electrons. The minimum Gasteiger partial charge on any atom is -0.381 e. The van der Waals surface area contributed by atoms with E-state index in [0.717, 1.165) is 42.4 Å². The fraction of sp³-hybridized carbons (Fsp3) is 0.500. The van der Waals surface area contributed by atoms with Gasteiger partial charge in [0.2, 0.25) is 0 Å². The summed E-state index contributed by atoms with van der Waals surface area (Å²) in [5.74, 6) is 0.990. The molecule has 4 heterocycles. The van der Waals surface area contributed by atoms with Gasteiger partial charge in [-0.25, -0.2) is 4.98 Å². The molecule has 22 heavy (non-hydrogen) atoms. The summed E-state index contributed by atoms with van der Waals surface area (Å²) in [6.07, 6.45) is 2.08. The number of ether oxygens (including phenoxy) is 1. The lowest BCUT2D eigenvalue weighted by Crippen LogP contribution is -2.28. The molecule has 1 fully saturated rings. The first-order valence-electron chi connectivity index (χ1n) is 7.71. The minimum atomic E-state index is 0.452. The number of thiophene rings is 1. The van der Waals surface area contributed by atoms with E-state index in [0.29, 0.717) is 6.04 Å². The van der Waals surface area contributed by atoms with E-state index in [1.54, 1.807) is 11.3 Å². The van der Waals surface area contributed by atoms with E-state index in [1.165, 1.54) is 21.2 Å². The van der Waals surface area contributed by atoms with Crippen LogP contribution in [0.3, 0.4) is 0 Å². The quantitative estimate of drug-likeness (QED) is 0.787. The van der Waals surface area contributed by atoms with Gasteiger partial charge < -0.3 is 10.1 Å². The van der Waals surface area contributed by atoms with E-state index in [2.05, 4.69) is 25.2 Å². The van der Waals surface area contributed by atoms with E-state index in [-0.39, 0.29) is 0 Å². The Labute approximate surface area is 133 Å². The summed E-state index contributed by atoms with van der Waals surface area (Å²) in [5.41, 5.74) is 3.54. The van der Waals surface area contributed by atoms with Crippen LogP contribution in [0.5, 0.6) is 0 Å². The minimum absolute atomic E-state index is 0.452. The summed E-state index contributed by atoms with van der Waals surface area (Å²) in [6, 6.07) is 2.60. The second-order valence-corrected chi connectivity index (χ2v) is 7.04. The van der Waals surface area contributed by atoms with E-state index in [9.17, 15) is 0 Å². The Kier molecular flexibility index (Phi) is 3.31. The molecule has 0 amide bonds. The van der Waals surface area contributed by atoms with Crippen molar-refractivity contribution in [2.75, 3.05) is 18.5 Å². The fourth-order valence-corrected chi connectivity index (χ4v) is 4.54. The standard InChI is InChI=1S/C16H20N4OS/c1-9-8-10(2)17-16-12(9)13-14(22-16)15(19-20(13)3)18-11-4-6-21-7-5-11/h8,11H,4-7H2,1-3H3,(H,18,19). The number of nitrogens with zero attached hydrogens (tertiary/aromatic N) is 3. The lowest BCUT2D eigenvalue weighted by Gasteiger charge is -2.22. The van der Waals surface area contributed by atoms with Gasteiger partial charge in [-0.05, 0) is 38.3 Å². The maximum atomic E-state index is 5.43. The van der Waals surface area contributed by atoms with Crippen LogP contribution in [-0.2, 0) is 11.8 Å². The van der Waals surface area contributed by atoms with Crippen molar-refractivity contribution in [1.29, 1.82) is 0 Å². The van der Waals surface area contributed by atoms with Gasteiger partial charge in [0, 0.05) is 37.4 Å². The number of rotatable bonds is 2. The molecule has 0 unspecified atom stereocenters. The van der Waals surface area contributed by atoms with Gasteiger partial charge in [-0.15, -0.1) is 11.3 Å². The highest BCUT2D eigenvalue weighted by molar-refractivity contribution is 7.26. The summed E-state index contributed by atoms with van der Waals surface area (Å²) < 4.78 is 8.63. The second-order valence-electron chi connectivity index (χ2n) is 6.04. The number of hydrogen-bond donors (Lipinski definition) is 1. The molecular weight excluding hydrogens is 296 g/mol. The molecule has 0 aliphatic carbocycles. The number of fused-ring (bicyclic) bond motifs is 3. The zero-order valence-electron chi connectivity index (χ0n) is 13.1. The molecule has 5 nitrogen and oxygen atoms in total. The maximum absolute atomic E-state index is 5.43. The third-order valence-corrected chi connectivity index (χ3v) is 5.39. The highest BCUT2D eigenvalue weighted by atomic mass is 32.1. The molecule has 0 bridgehead atoms. The Bertz CT molecular complexity index is 845. The SMILES string of the molecule is Cc1cc(C)c2c(n1)sc1c(NC3CCOCC3)nn(C)c12. The van der Waals surface area contributed by atoms with Crippen LogP contribution in [0.15, 0.2) is 6.07 Å². The van der Waals surface area contributed by atoms with Gasteiger partial charge in [-0.3, -0.25) is 4.68 Å². The summed E-state index contributed by atoms with van der Waals surface area (Å²) in [4.78, 5) is 5.81. The Morgan fingerprint density at radius 1 is 1.32 bits per heavy atom. The summed E-state index contributed by atoms with van der Waals surface area (Å²) >= 11 is 1.74. The van der Waals surface area contributed by atoms with Crippen molar-refractivity contribution in [2.24, 2.45) is 7.05 Å². The van der Waals surface area contributed by atoms with Crippen LogP contribution in [0.4, 0.5) is 5.82 Å². The van der Waals surface area contributed by atoms with E-state index in [1.807, 2.05) is 11.7 Å². The van der Waals surface area contributed by atoms with Gasteiger partial charge in [0.25, 0.3) is 0 Å². The van der Waals surface area contributed by atoms with Gasteiger partial charge in [-0.1, -0.05) is 0 Å². The summed E-state index contributed by atoms with van der Waals surface area (Å²) in [6.45, 7) is 5.87. The number of aromatic nitrogens is 3. The van der Waals surface area contributed by atoms with Crippen LogP contribution in [0, 0.1) is 13.8 Å². The van der Waals surface area contributed by atoms with E-state index < -0.39 is 0 Å². The molecule has 1 saturated heterocycles. The average Bonchev–Trinajstić information content (AvgIpc) is 2.99. The number of hydrogen-bond acceptors (Lipinski definition) is 5. The van der Waals surface area contributed by atoms with Crippen molar-refractivity contribution in [1.82, 2.24) is 14.8 Å². The third kappa shape index (κ3) is 2.18. The van der Waals surface area contributed by atoms with Crippen molar-refractivity contribution >= 4 is 37.6 Å². The molecule has 0 atom stereocenters. The average molecular weight is 316 g/mol. The third-order valence-electron chi connectivity index (χ3n) is 4.31. The molecule has 6 heteroatoms. The molecule has 1 aliphatic heterocycles. The zero-order chi connectivity index (χ0) is 15.3. The van der Waals surface area contributed by atoms with Crippen LogP contribution in [-0.4, -0.2) is 34.0 Å². The summed E-state index contributed by atoms with van der Waals surface area (Å²) in [5, 5.41) is 9.55. The highest BCUT2D eigenvalue weighted by Crippen LogP contribution is 2.39. The fourth-order valence-electron chi connectivity index (χ4n) is 3.27. The van der Waals surface area contributed by atoms with Crippen LogP contribution in [0.2, 0.25) is 0 Å². The topological polar surface area (TPSA) is 52.0 Å². The van der Waals surface area contributed by atoms with Crippen LogP contribution in [0.25, 0.3) is 20.4 Å². The molecule has 4 rings (SSSR count). The van der Waals surface area contributed by atoms with Gasteiger partial charge in [-0.2, -0.15) is 5.10 Å². The lowest BCUT2D eigenvalue weighted by atomic mass is 10.1. The normalized spacial score (nSPS) is 16.7. The Hall–Kier alpha value is -1.66. The number of anilines is 1. The lowest BCUT2D eigenvalue weighted by molar-refractivity contribution is 0.0904. The van der Waals surface area contributed by atoms with Gasteiger partial charge >= 0.3 is 0 Å². The van der Waals surface area contributed by atoms with Crippen molar-refractivity contribution < 1.29 is 4.74 Å². The van der Waals surface area contributed by atoms with Crippen LogP contribution in [0.1, 0.15) is 24.1 Å². The molecule has 0 spiro atoms. The molecule has 0 saturated carbocycles. The van der Waals surface area contributed by atoms with Crippen molar-refractivity contribution in [3.05, 3.63) is 17.3 Å². The Balaban J connectivity index is 1.84. The van der Waals surface area contributed by atoms with Gasteiger partial charge in [0.15, 0.2) is 5.82 Å². The first-order valence-corrected chi connectivity index (χ1v) is 8.53. The van der Waals surface area contributed by atoms with Gasteiger partial charge in [0.1, 0.15) is 4.83 Å². The van der Waals surface area contributed by atoms with Crippen LogP contribution >= 0.6 is 11.3 Å². The van der Waals surface area contributed by atoms with Crippen LogP contribution < -0.4 is 5.32 Å². The monoisotopic (exact) mass is 316 g/mol. The number of aryl methyl sites for hydroxylation is 3. The molecule has 3 aromatic rings. The molecule has 1 aliphatic rings. The molecular formula is C16H20N4OS. The predicted octanol–water partition coefficient (Wildman–Crippen LogP) is 3.39. The maximum Gasteiger partial charge on any atom is 0.166 e. The Morgan fingerprint density at radius 3 is 2.86 bits per heavy atom. The number of nitrogens with one attached hydrogen (secondary N) is 1. The van der Waals surface area contributed by atoms with Crippen molar-refractivity contribution in [3.8, 4) is 0 Å². The number of pyridine rings is 1. The largest absolute Gasteiger partial charge is 0.381 e. The van der Waals surface area contributed by atoms with E-state index in [4.69, 9.17) is 14.8 Å². The predicted molar refractivity (Wildman–Crippen MR) is 90.8 cm³/mol. The van der Waals surface area contributed by atoms with E-state index >= 15 is 0 Å². The highest BCUT2D eigenvalue weighted by Gasteiger charge is 2.21. The van der Waals surface area contributed by atoms with Crippen molar-refractivity contribution in [3.63, 3.8) is 0 Å². The Morgan fingerprint density at radius 2 is 2.09 bits per heavy atom. The molecule has 0 aromatic carbocycles. The molecule has 116 valence electrons. The molecule has 3 aromatic heterocycles. The zero-order valence-corrected chi connectivity index (χ0v) is 14.0. The summed E-state index contributed by atoms with van der Waals surface area (Å²) in [7, 11) is 2.02.